The number of hydrogen-bond donors (Lipinski definition) is 0. The molecule has 0 saturated carbocycles. The second-order valence-electron chi connectivity index (χ2n) is 0.226. The minimum atomic E-state index is -0.889. The van der Waals surface area contributed by atoms with Gasteiger partial charge in [0.1, 0.15) is 0 Å². The lowest BCUT2D eigenvalue weighted by Gasteiger charge is -1.48. The fourth-order valence-corrected chi connectivity index (χ4v) is 0. The second-order valence-corrected chi connectivity index (χ2v) is 1.11. The molecule has 32 valence electrons. The lowest BCUT2D eigenvalue weighted by Crippen LogP contribution is -1.46. The summed E-state index contributed by atoms with van der Waals surface area (Å²) in [5.74, 6) is 0. The first-order chi connectivity index (χ1) is 1.73. The van der Waals surface area contributed by atoms with Gasteiger partial charge in [0.2, 0.25) is 0 Å². The number of carbonyl (C=O) groups excluding carboxylic acids is 1. The molecule has 0 saturated heterocycles. The summed E-state index contributed by atoms with van der Waals surface area (Å²) >= 11 is 8.80. The molecule has 0 rings (SSSR count). The molecule has 4 heteroatoms. The van der Waals surface area contributed by atoms with Gasteiger partial charge in [-0.15, -0.1) is 0 Å². The predicted octanol–water partition coefficient (Wildman–Crippen LogP) is 1.64. The highest BCUT2D eigenvalue weighted by Crippen LogP contribution is 1.84. The Kier molecular flexibility index (Phi) is 8.60. The van der Waals surface area contributed by atoms with E-state index in [-0.39, 0.29) is 9.90 Å². The van der Waals surface area contributed by atoms with E-state index in [1.807, 2.05) is 0 Å². The lowest BCUT2D eigenvalue weighted by atomic mass is 11.8. The van der Waals surface area contributed by atoms with Gasteiger partial charge >= 0.3 is 4.70 Å². The lowest BCUT2D eigenvalue weighted by molar-refractivity contribution is 0.275. The van der Waals surface area contributed by atoms with Crippen molar-refractivity contribution in [3.63, 3.8) is 0 Å². The SMILES string of the molecule is O=C(Cl)Cl.P. The van der Waals surface area contributed by atoms with Crippen LogP contribution in [0.4, 0.5) is 4.79 Å². The zero-order chi connectivity index (χ0) is 3.58. The molecule has 0 bridgehead atoms. The van der Waals surface area contributed by atoms with Crippen LogP contribution in [0.15, 0.2) is 0 Å². The minimum absolute atomic E-state index is 0. The monoisotopic (exact) mass is 132 g/mol. The van der Waals surface area contributed by atoms with Gasteiger partial charge in [0.15, 0.2) is 0 Å². The summed E-state index contributed by atoms with van der Waals surface area (Å²) < 4.78 is -0.889. The largest absolute Gasteiger partial charge is 0.313 e. The van der Waals surface area contributed by atoms with Crippen LogP contribution in [0.25, 0.3) is 0 Å². The molecule has 1 unspecified atom stereocenters. The van der Waals surface area contributed by atoms with Gasteiger partial charge in [-0.3, -0.25) is 4.79 Å². The van der Waals surface area contributed by atoms with E-state index in [2.05, 4.69) is 23.2 Å². The van der Waals surface area contributed by atoms with Gasteiger partial charge in [-0.1, -0.05) is 0 Å². The van der Waals surface area contributed by atoms with Crippen molar-refractivity contribution in [2.45, 2.75) is 0 Å². The van der Waals surface area contributed by atoms with Gasteiger partial charge in [0.25, 0.3) is 0 Å². The van der Waals surface area contributed by atoms with Crippen molar-refractivity contribution in [3.05, 3.63) is 0 Å². The van der Waals surface area contributed by atoms with E-state index >= 15 is 0 Å². The first-order valence-corrected chi connectivity index (χ1v) is 1.34. The van der Waals surface area contributed by atoms with Gasteiger partial charge in [-0.25, -0.2) is 0 Å². The third kappa shape index (κ3) is 72.7. The van der Waals surface area contributed by atoms with Crippen LogP contribution in [0.1, 0.15) is 0 Å². The number of carbonyl (C=O) groups is 1. The van der Waals surface area contributed by atoms with Crippen LogP contribution >= 0.6 is 33.1 Å². The molecule has 0 aromatic heterocycles. The Hall–Kier alpha value is 0.680. The number of halogens is 2. The van der Waals surface area contributed by atoms with Gasteiger partial charge in [0.05, 0.1) is 0 Å². The fraction of sp³-hybridized carbons (Fsp3) is 0. The van der Waals surface area contributed by atoms with E-state index in [0.29, 0.717) is 0 Å². The average molecular weight is 133 g/mol. The van der Waals surface area contributed by atoms with Crippen molar-refractivity contribution in [2.24, 2.45) is 0 Å². The topological polar surface area (TPSA) is 17.1 Å². The van der Waals surface area contributed by atoms with E-state index < -0.39 is 4.70 Å². The van der Waals surface area contributed by atoms with Gasteiger partial charge in [-0.05, 0) is 23.2 Å². The first-order valence-electron chi connectivity index (χ1n) is 0.582. The quantitative estimate of drug-likeness (QED) is 0.362. The normalized spacial score (nSPS) is 5.20. The van der Waals surface area contributed by atoms with Crippen molar-refractivity contribution in [2.75, 3.05) is 0 Å². The maximum atomic E-state index is 8.98. The van der Waals surface area contributed by atoms with E-state index in [0.717, 1.165) is 0 Å². The summed E-state index contributed by atoms with van der Waals surface area (Å²) in [7, 11) is 0. The Morgan fingerprint density at radius 3 is 1.40 bits per heavy atom. The molecule has 0 fully saturated rings. The van der Waals surface area contributed by atoms with Crippen LogP contribution < -0.4 is 0 Å². The third-order valence-electron chi connectivity index (χ3n) is 0. The molecule has 0 heterocycles. The van der Waals surface area contributed by atoms with Gasteiger partial charge in [-0.2, -0.15) is 9.90 Å². The molecule has 1 atom stereocenters. The summed E-state index contributed by atoms with van der Waals surface area (Å²) in [6.07, 6.45) is 0. The smallest absolute Gasteiger partial charge is 0.262 e. The van der Waals surface area contributed by atoms with Crippen LogP contribution in [0.5, 0.6) is 0 Å². The van der Waals surface area contributed by atoms with Crippen molar-refractivity contribution in [3.8, 4) is 0 Å². The minimum Gasteiger partial charge on any atom is -0.262 e. The summed E-state index contributed by atoms with van der Waals surface area (Å²) in [6.45, 7) is 0. The summed E-state index contributed by atoms with van der Waals surface area (Å²) in [4.78, 5) is 8.98. The molecule has 0 aliphatic heterocycles. The van der Waals surface area contributed by atoms with Gasteiger partial charge in [0, 0.05) is 0 Å². The van der Waals surface area contributed by atoms with Crippen molar-refractivity contribution in [1.29, 1.82) is 0 Å². The molecule has 0 spiro atoms. The summed E-state index contributed by atoms with van der Waals surface area (Å²) in [5.41, 5.74) is 0. The molecule has 0 aromatic carbocycles. The molecule has 0 aliphatic carbocycles. The van der Waals surface area contributed by atoms with Crippen molar-refractivity contribution < 1.29 is 4.79 Å². The molecule has 5 heavy (non-hydrogen) atoms. The van der Waals surface area contributed by atoms with E-state index in [9.17, 15) is 0 Å². The standard InChI is InChI=1S/CCl2O.H3P/c2-1(3)4;/h;1H3. The maximum absolute atomic E-state index is 8.98. The second kappa shape index (κ2) is 4.68. The van der Waals surface area contributed by atoms with E-state index in [1.54, 1.807) is 0 Å². The van der Waals surface area contributed by atoms with E-state index in [1.165, 1.54) is 0 Å². The molecular formula is CH3Cl2OP. The zero-order valence-electron chi connectivity index (χ0n) is 2.37. The van der Waals surface area contributed by atoms with Crippen LogP contribution in [-0.2, 0) is 0 Å². The van der Waals surface area contributed by atoms with Gasteiger partial charge < -0.3 is 0 Å². The number of hydrogen-bond acceptors (Lipinski definition) is 1. The fourth-order valence-electron chi connectivity index (χ4n) is 0. The molecule has 0 amide bonds. The summed E-state index contributed by atoms with van der Waals surface area (Å²) in [5, 5.41) is 0. The average Bonchev–Trinajstić information content (AvgIpc) is 0.811. The zero-order valence-corrected chi connectivity index (χ0v) is 5.30. The van der Waals surface area contributed by atoms with Crippen LogP contribution in [0.2, 0.25) is 0 Å². The number of rotatable bonds is 0. The highest BCUT2D eigenvalue weighted by atomic mass is 35.5. The Morgan fingerprint density at radius 1 is 1.40 bits per heavy atom. The third-order valence-corrected chi connectivity index (χ3v) is 0. The molecule has 0 aliphatic rings. The molecule has 0 aromatic rings. The summed E-state index contributed by atoms with van der Waals surface area (Å²) in [6, 6.07) is 0. The highest BCUT2D eigenvalue weighted by molar-refractivity contribution is 6.93. The maximum Gasteiger partial charge on any atom is 0.313 e. The molecular weight excluding hydrogens is 130 g/mol. The highest BCUT2D eigenvalue weighted by Gasteiger charge is 1.72. The Bertz CT molecular complexity index is 32.6. The Morgan fingerprint density at radius 2 is 1.40 bits per heavy atom. The Balaban J connectivity index is 0. The molecule has 0 radical (unpaired) electrons. The van der Waals surface area contributed by atoms with Crippen LogP contribution in [0.3, 0.4) is 0 Å². The van der Waals surface area contributed by atoms with Crippen molar-refractivity contribution >= 4 is 37.8 Å². The Labute approximate surface area is 43.3 Å². The first kappa shape index (κ1) is 9.19. The van der Waals surface area contributed by atoms with E-state index in [4.69, 9.17) is 4.79 Å². The van der Waals surface area contributed by atoms with Crippen molar-refractivity contribution in [1.82, 2.24) is 0 Å². The van der Waals surface area contributed by atoms with Crippen LogP contribution in [-0.4, -0.2) is 4.70 Å². The molecule has 1 nitrogen and oxygen atoms in total. The van der Waals surface area contributed by atoms with Crippen LogP contribution in [0, 0.1) is 0 Å². The predicted molar refractivity (Wildman–Crippen MR) is 28.2 cm³/mol. The molecule has 0 N–H and O–H groups in total.